The van der Waals surface area contributed by atoms with Gasteiger partial charge in [0.2, 0.25) is 0 Å². The van der Waals surface area contributed by atoms with Gasteiger partial charge in [-0.2, -0.15) is 5.10 Å². The lowest BCUT2D eigenvalue weighted by Gasteiger charge is -2.08. The van der Waals surface area contributed by atoms with Gasteiger partial charge in [0.25, 0.3) is 0 Å². The predicted octanol–water partition coefficient (Wildman–Crippen LogP) is 5.13. The molecule has 0 saturated carbocycles. The first-order valence-corrected chi connectivity index (χ1v) is 8.71. The first kappa shape index (κ1) is 16.1. The minimum absolute atomic E-state index is 0.0305. The van der Waals surface area contributed by atoms with E-state index in [1.54, 1.807) is 6.20 Å². The van der Waals surface area contributed by atoms with Crippen molar-refractivity contribution in [2.24, 2.45) is 0 Å². The first-order valence-electron chi connectivity index (χ1n) is 8.71. The number of aromatic nitrogens is 3. The molecule has 0 radical (unpaired) electrons. The number of hydrogen-bond donors (Lipinski definition) is 0. The second-order valence-electron chi connectivity index (χ2n) is 6.65. The number of rotatable bonds is 2. The number of aryl methyl sites for hydroxylation is 1. The highest BCUT2D eigenvalue weighted by molar-refractivity contribution is 5.89. The highest BCUT2D eigenvalue weighted by Crippen LogP contribution is 2.39. The quantitative estimate of drug-likeness (QED) is 0.461. The van der Waals surface area contributed by atoms with Crippen LogP contribution in [0, 0.1) is 17.5 Å². The van der Waals surface area contributed by atoms with Crippen molar-refractivity contribution in [2.75, 3.05) is 0 Å². The molecule has 2 aromatic heterocycles. The fourth-order valence-electron chi connectivity index (χ4n) is 3.76. The van der Waals surface area contributed by atoms with Crippen LogP contribution < -0.4 is 0 Å². The number of nitrogens with zero attached hydrogens (tertiary/aromatic N) is 3. The molecule has 3 nitrogen and oxygen atoms in total. The first-order chi connectivity index (χ1) is 13.1. The summed E-state index contributed by atoms with van der Waals surface area (Å²) in [5.74, 6) is -3.12. The van der Waals surface area contributed by atoms with Crippen molar-refractivity contribution in [1.82, 2.24) is 14.8 Å². The zero-order valence-corrected chi connectivity index (χ0v) is 14.2. The molecule has 5 rings (SSSR count). The van der Waals surface area contributed by atoms with E-state index >= 15 is 0 Å². The Morgan fingerprint density at radius 3 is 2.67 bits per heavy atom. The number of fused-ring (bicyclic) bond motifs is 2. The fourth-order valence-corrected chi connectivity index (χ4v) is 3.76. The lowest BCUT2D eigenvalue weighted by Crippen LogP contribution is -1.96. The molecule has 1 aliphatic rings. The molecule has 0 atom stereocenters. The average Bonchev–Trinajstić information content (AvgIpc) is 3.25. The normalized spacial score (nSPS) is 13.3. The van der Waals surface area contributed by atoms with Crippen LogP contribution in [-0.4, -0.2) is 14.8 Å². The van der Waals surface area contributed by atoms with Crippen LogP contribution in [0.1, 0.15) is 12.1 Å². The number of hydrogen-bond acceptors (Lipinski definition) is 2. The van der Waals surface area contributed by atoms with Gasteiger partial charge in [0, 0.05) is 41.0 Å². The Morgan fingerprint density at radius 2 is 1.78 bits per heavy atom. The summed E-state index contributed by atoms with van der Waals surface area (Å²) in [5, 5.41) is 5.47. The van der Waals surface area contributed by atoms with Crippen molar-refractivity contribution in [3.63, 3.8) is 0 Å². The Hall–Kier alpha value is -3.15. The van der Waals surface area contributed by atoms with Gasteiger partial charge < -0.3 is 0 Å². The topological polar surface area (TPSA) is 30.7 Å². The van der Waals surface area contributed by atoms with Crippen molar-refractivity contribution < 1.29 is 13.2 Å². The third kappa shape index (κ3) is 2.51. The minimum atomic E-state index is -1.21. The smallest absolute Gasteiger partial charge is 0.161 e. The molecule has 0 fully saturated rings. The van der Waals surface area contributed by atoms with Crippen LogP contribution in [0.2, 0.25) is 0 Å². The molecule has 3 heterocycles. The SMILES string of the molecule is Fc1cc(F)c(-c2nn3c(c2-c2ccc4ncccc4c2)CCC3)cc1F. The zero-order chi connectivity index (χ0) is 18.5. The highest BCUT2D eigenvalue weighted by Gasteiger charge is 2.26. The zero-order valence-electron chi connectivity index (χ0n) is 14.2. The Labute approximate surface area is 153 Å². The van der Waals surface area contributed by atoms with E-state index in [1.165, 1.54) is 0 Å². The van der Waals surface area contributed by atoms with Gasteiger partial charge >= 0.3 is 0 Å². The average molecular weight is 365 g/mol. The third-order valence-electron chi connectivity index (χ3n) is 5.00. The standard InChI is InChI=1S/C21H14F3N3/c22-15-11-17(24)16(23)10-14(15)21-20(19-4-2-8-27(19)26-21)13-5-6-18-12(9-13)3-1-7-25-18/h1,3,5-7,9-11H,2,4,8H2. The molecular weight excluding hydrogens is 351 g/mol. The maximum absolute atomic E-state index is 14.5. The van der Waals surface area contributed by atoms with E-state index in [0.29, 0.717) is 11.8 Å². The molecule has 6 heteroatoms. The maximum atomic E-state index is 14.5. The van der Waals surface area contributed by atoms with E-state index < -0.39 is 17.5 Å². The molecule has 0 spiro atoms. The predicted molar refractivity (Wildman–Crippen MR) is 96.6 cm³/mol. The van der Waals surface area contributed by atoms with Crippen molar-refractivity contribution >= 4 is 10.9 Å². The van der Waals surface area contributed by atoms with E-state index in [9.17, 15) is 13.2 Å². The summed E-state index contributed by atoms with van der Waals surface area (Å²) in [6.07, 6.45) is 3.48. The molecule has 2 aromatic carbocycles. The monoisotopic (exact) mass is 365 g/mol. The van der Waals surface area contributed by atoms with Gasteiger partial charge in [-0.3, -0.25) is 9.67 Å². The van der Waals surface area contributed by atoms with Crippen molar-refractivity contribution in [3.05, 3.63) is 71.8 Å². The van der Waals surface area contributed by atoms with Crippen molar-refractivity contribution in [1.29, 1.82) is 0 Å². The van der Waals surface area contributed by atoms with Crippen LogP contribution in [0.3, 0.4) is 0 Å². The van der Waals surface area contributed by atoms with E-state index in [4.69, 9.17) is 0 Å². The van der Waals surface area contributed by atoms with E-state index in [-0.39, 0.29) is 5.56 Å². The number of halogens is 3. The lowest BCUT2D eigenvalue weighted by atomic mass is 9.96. The molecule has 27 heavy (non-hydrogen) atoms. The molecule has 0 unspecified atom stereocenters. The summed E-state index contributed by atoms with van der Waals surface area (Å²) in [7, 11) is 0. The molecule has 0 aliphatic carbocycles. The van der Waals surface area contributed by atoms with E-state index in [0.717, 1.165) is 53.2 Å². The molecule has 4 aromatic rings. The van der Waals surface area contributed by atoms with Gasteiger partial charge in [-0.05, 0) is 42.7 Å². The Balaban J connectivity index is 1.78. The number of pyridine rings is 1. The summed E-state index contributed by atoms with van der Waals surface area (Å²) >= 11 is 0. The Kier molecular flexibility index (Phi) is 3.53. The molecule has 0 bridgehead atoms. The lowest BCUT2D eigenvalue weighted by molar-refractivity contribution is 0.496. The molecule has 0 N–H and O–H groups in total. The third-order valence-corrected chi connectivity index (χ3v) is 5.00. The fraction of sp³-hybridized carbons (Fsp3) is 0.143. The van der Waals surface area contributed by atoms with E-state index in [2.05, 4.69) is 10.1 Å². The highest BCUT2D eigenvalue weighted by atomic mass is 19.2. The summed E-state index contributed by atoms with van der Waals surface area (Å²) in [4.78, 5) is 4.32. The summed E-state index contributed by atoms with van der Waals surface area (Å²) in [6.45, 7) is 0.725. The largest absolute Gasteiger partial charge is 0.268 e. The maximum Gasteiger partial charge on any atom is 0.161 e. The van der Waals surface area contributed by atoms with Gasteiger partial charge in [0.15, 0.2) is 11.6 Å². The van der Waals surface area contributed by atoms with Gasteiger partial charge in [-0.25, -0.2) is 13.2 Å². The summed E-state index contributed by atoms with van der Waals surface area (Å²) in [6, 6.07) is 11.0. The van der Waals surface area contributed by atoms with Crippen LogP contribution in [0.25, 0.3) is 33.3 Å². The van der Waals surface area contributed by atoms with Gasteiger partial charge in [-0.15, -0.1) is 0 Å². The van der Waals surface area contributed by atoms with E-state index in [1.807, 2.05) is 35.0 Å². The molecule has 0 amide bonds. The summed E-state index contributed by atoms with van der Waals surface area (Å²) < 4.78 is 43.5. The molecular formula is C21H14F3N3. The van der Waals surface area contributed by atoms with Gasteiger partial charge in [0.1, 0.15) is 11.5 Å². The number of benzene rings is 2. The second kappa shape index (κ2) is 5.94. The second-order valence-corrected chi connectivity index (χ2v) is 6.65. The van der Waals surface area contributed by atoms with Crippen molar-refractivity contribution in [3.8, 4) is 22.4 Å². The van der Waals surface area contributed by atoms with Crippen LogP contribution >= 0.6 is 0 Å². The van der Waals surface area contributed by atoms with Crippen molar-refractivity contribution in [2.45, 2.75) is 19.4 Å². The Bertz CT molecular complexity index is 1200. The van der Waals surface area contributed by atoms with Gasteiger partial charge in [0.05, 0.1) is 5.52 Å². The molecule has 0 saturated heterocycles. The molecule has 134 valence electrons. The minimum Gasteiger partial charge on any atom is -0.268 e. The van der Waals surface area contributed by atoms with Crippen LogP contribution in [0.15, 0.2) is 48.7 Å². The summed E-state index contributed by atoms with van der Waals surface area (Å²) in [5.41, 5.74) is 3.77. The van der Waals surface area contributed by atoms with Crippen LogP contribution in [-0.2, 0) is 13.0 Å². The van der Waals surface area contributed by atoms with Gasteiger partial charge in [-0.1, -0.05) is 12.1 Å². The van der Waals surface area contributed by atoms with Crippen LogP contribution in [0.4, 0.5) is 13.2 Å². The van der Waals surface area contributed by atoms with Crippen LogP contribution in [0.5, 0.6) is 0 Å². The molecule has 1 aliphatic heterocycles. The Morgan fingerprint density at radius 1 is 0.926 bits per heavy atom.